The maximum Gasteiger partial charge on any atom is 0.246 e. The third-order valence-corrected chi connectivity index (χ3v) is 3.30. The molecular weight excluding hydrogens is 258 g/mol. The van der Waals surface area contributed by atoms with Crippen LogP contribution in [0.1, 0.15) is 18.9 Å². The van der Waals surface area contributed by atoms with Gasteiger partial charge in [-0.3, -0.25) is 9.59 Å². The lowest BCUT2D eigenvalue weighted by Crippen LogP contribution is -2.51. The predicted octanol–water partition coefficient (Wildman–Crippen LogP) is 1.01. The lowest BCUT2D eigenvalue weighted by Gasteiger charge is -2.21. The molecule has 2 amide bonds. The van der Waals surface area contributed by atoms with Crippen molar-refractivity contribution >= 4 is 23.2 Å². The minimum atomic E-state index is -0.954. The maximum atomic E-state index is 12.1. The zero-order valence-electron chi connectivity index (χ0n) is 11.7. The number of hydrogen-bond donors (Lipinski definition) is 3. The van der Waals surface area contributed by atoms with E-state index in [1.54, 1.807) is 18.2 Å². The number of hydrogen-bond acceptors (Lipinski definition) is 4. The molecule has 6 nitrogen and oxygen atoms in total. The highest BCUT2D eigenvalue weighted by molar-refractivity contribution is 5.98. The number of anilines is 2. The van der Waals surface area contributed by atoms with Crippen LogP contribution in [0.15, 0.2) is 18.2 Å². The summed E-state index contributed by atoms with van der Waals surface area (Å²) in [4.78, 5) is 23.2. The summed E-state index contributed by atoms with van der Waals surface area (Å²) in [5.41, 5.74) is 7.28. The Morgan fingerprint density at radius 3 is 2.65 bits per heavy atom. The molecule has 1 fully saturated rings. The molecule has 6 heteroatoms. The first-order valence-corrected chi connectivity index (χ1v) is 6.47. The molecule has 0 aromatic heterocycles. The van der Waals surface area contributed by atoms with E-state index < -0.39 is 5.54 Å². The van der Waals surface area contributed by atoms with E-state index in [-0.39, 0.29) is 18.4 Å². The van der Waals surface area contributed by atoms with Crippen molar-refractivity contribution in [3.05, 3.63) is 23.8 Å². The Morgan fingerprint density at radius 2 is 2.10 bits per heavy atom. The second-order valence-corrected chi connectivity index (χ2v) is 5.12. The number of nitrogens with one attached hydrogen (secondary N) is 2. The largest absolute Gasteiger partial charge is 0.379 e. The minimum Gasteiger partial charge on any atom is -0.379 e. The van der Waals surface area contributed by atoms with E-state index in [9.17, 15) is 9.59 Å². The molecule has 1 saturated heterocycles. The third-order valence-electron chi connectivity index (χ3n) is 3.30. The van der Waals surface area contributed by atoms with Crippen molar-refractivity contribution < 1.29 is 14.3 Å². The molecule has 108 valence electrons. The smallest absolute Gasteiger partial charge is 0.246 e. The van der Waals surface area contributed by atoms with Crippen molar-refractivity contribution in [2.75, 3.05) is 23.8 Å². The van der Waals surface area contributed by atoms with Gasteiger partial charge in [-0.05, 0) is 37.1 Å². The molecule has 0 spiro atoms. The van der Waals surface area contributed by atoms with Crippen LogP contribution in [0.2, 0.25) is 0 Å². The Balaban J connectivity index is 2.08. The molecule has 20 heavy (non-hydrogen) atoms. The Hall–Kier alpha value is -1.92. The zero-order chi connectivity index (χ0) is 14.8. The third kappa shape index (κ3) is 3.15. The Labute approximate surface area is 117 Å². The number of ether oxygens (including phenoxy) is 1. The number of aryl methyl sites for hydroxylation is 1. The van der Waals surface area contributed by atoms with Crippen LogP contribution in [-0.2, 0) is 14.3 Å². The predicted molar refractivity (Wildman–Crippen MR) is 76.5 cm³/mol. The molecule has 0 saturated carbocycles. The molecule has 0 bridgehead atoms. The fraction of sp³-hybridized carbons (Fsp3) is 0.429. The average molecular weight is 277 g/mol. The molecule has 1 aliphatic rings. The summed E-state index contributed by atoms with van der Waals surface area (Å²) in [6.07, 6.45) is 0.516. The lowest BCUT2D eigenvalue weighted by atomic mass is 9.99. The number of benzene rings is 1. The molecule has 2 rings (SSSR count). The number of carbonyl (C=O) groups excluding carboxylic acids is 2. The highest BCUT2D eigenvalue weighted by atomic mass is 16.5. The standard InChI is InChI=1S/C14H19N3O3/c1-9-7-11(3-4-12(9)16-10(2)18)17-13(19)14(15)5-6-20-8-14/h3-4,7H,5-6,8,15H2,1-2H3,(H,16,18)(H,17,19). The highest BCUT2D eigenvalue weighted by Crippen LogP contribution is 2.22. The molecule has 1 aromatic carbocycles. The van der Waals surface area contributed by atoms with Gasteiger partial charge in [-0.2, -0.15) is 0 Å². The van der Waals surface area contributed by atoms with Crippen molar-refractivity contribution in [2.45, 2.75) is 25.8 Å². The monoisotopic (exact) mass is 277 g/mol. The Kier molecular flexibility index (Phi) is 4.06. The van der Waals surface area contributed by atoms with Gasteiger partial charge in [0, 0.05) is 24.9 Å². The zero-order valence-corrected chi connectivity index (χ0v) is 11.7. The Morgan fingerprint density at radius 1 is 1.35 bits per heavy atom. The van der Waals surface area contributed by atoms with E-state index in [2.05, 4.69) is 10.6 Å². The first-order valence-electron chi connectivity index (χ1n) is 6.47. The van der Waals surface area contributed by atoms with Crippen molar-refractivity contribution in [3.63, 3.8) is 0 Å². The van der Waals surface area contributed by atoms with Crippen LogP contribution in [0, 0.1) is 6.92 Å². The molecular formula is C14H19N3O3. The SMILES string of the molecule is CC(=O)Nc1ccc(NC(=O)C2(N)CCOC2)cc1C. The van der Waals surface area contributed by atoms with Crippen LogP contribution in [-0.4, -0.2) is 30.6 Å². The number of carbonyl (C=O) groups is 2. The van der Waals surface area contributed by atoms with Gasteiger partial charge >= 0.3 is 0 Å². The Bertz CT molecular complexity index is 536. The van der Waals surface area contributed by atoms with Gasteiger partial charge in [-0.25, -0.2) is 0 Å². The van der Waals surface area contributed by atoms with Crippen molar-refractivity contribution in [1.82, 2.24) is 0 Å². The summed E-state index contributed by atoms with van der Waals surface area (Å²) in [7, 11) is 0. The normalized spacial score (nSPS) is 21.6. The second-order valence-electron chi connectivity index (χ2n) is 5.12. The first-order chi connectivity index (χ1) is 9.40. The van der Waals surface area contributed by atoms with Crippen molar-refractivity contribution in [2.24, 2.45) is 5.73 Å². The van der Waals surface area contributed by atoms with Gasteiger partial charge in [0.05, 0.1) is 6.61 Å². The molecule has 1 aromatic rings. The van der Waals surface area contributed by atoms with Crippen molar-refractivity contribution in [1.29, 1.82) is 0 Å². The summed E-state index contributed by atoms with van der Waals surface area (Å²) >= 11 is 0. The van der Waals surface area contributed by atoms with E-state index in [1.807, 2.05) is 6.92 Å². The molecule has 1 aliphatic heterocycles. The summed E-state index contributed by atoms with van der Waals surface area (Å²) in [6, 6.07) is 5.28. The summed E-state index contributed by atoms with van der Waals surface area (Å²) < 4.78 is 5.17. The average Bonchev–Trinajstić information content (AvgIpc) is 2.81. The van der Waals surface area contributed by atoms with Gasteiger partial charge < -0.3 is 21.1 Å². The lowest BCUT2D eigenvalue weighted by molar-refractivity contribution is -0.121. The second kappa shape index (κ2) is 5.60. The fourth-order valence-electron chi connectivity index (χ4n) is 2.09. The molecule has 0 radical (unpaired) electrons. The van der Waals surface area contributed by atoms with Gasteiger partial charge in [0.15, 0.2) is 0 Å². The molecule has 1 heterocycles. The number of rotatable bonds is 3. The summed E-state index contributed by atoms with van der Waals surface area (Å²) in [5.74, 6) is -0.379. The van der Waals surface area contributed by atoms with Gasteiger partial charge in [0.1, 0.15) is 5.54 Å². The van der Waals surface area contributed by atoms with E-state index in [1.165, 1.54) is 6.92 Å². The van der Waals surface area contributed by atoms with Gasteiger partial charge in [-0.15, -0.1) is 0 Å². The number of amides is 2. The summed E-state index contributed by atoms with van der Waals surface area (Å²) in [6.45, 7) is 4.05. The molecule has 0 aliphatic carbocycles. The van der Waals surface area contributed by atoms with Gasteiger partial charge in [0.25, 0.3) is 0 Å². The van der Waals surface area contributed by atoms with Crippen LogP contribution < -0.4 is 16.4 Å². The molecule has 1 unspecified atom stereocenters. The quantitative estimate of drug-likeness (QED) is 0.768. The van der Waals surface area contributed by atoms with Gasteiger partial charge in [-0.1, -0.05) is 0 Å². The fourth-order valence-corrected chi connectivity index (χ4v) is 2.09. The summed E-state index contributed by atoms with van der Waals surface area (Å²) in [5, 5.41) is 5.51. The van der Waals surface area contributed by atoms with Crippen LogP contribution in [0.3, 0.4) is 0 Å². The van der Waals surface area contributed by atoms with Crippen LogP contribution >= 0.6 is 0 Å². The van der Waals surface area contributed by atoms with Crippen LogP contribution in [0.4, 0.5) is 11.4 Å². The van der Waals surface area contributed by atoms with E-state index in [4.69, 9.17) is 10.5 Å². The van der Waals surface area contributed by atoms with Crippen molar-refractivity contribution in [3.8, 4) is 0 Å². The van der Waals surface area contributed by atoms with E-state index in [0.717, 1.165) is 11.3 Å². The molecule has 4 N–H and O–H groups in total. The first kappa shape index (κ1) is 14.5. The van der Waals surface area contributed by atoms with Gasteiger partial charge in [0.2, 0.25) is 11.8 Å². The molecule has 1 atom stereocenters. The number of nitrogens with two attached hydrogens (primary N) is 1. The minimum absolute atomic E-state index is 0.131. The van der Waals surface area contributed by atoms with Crippen LogP contribution in [0.5, 0.6) is 0 Å². The van der Waals surface area contributed by atoms with Crippen LogP contribution in [0.25, 0.3) is 0 Å². The van der Waals surface area contributed by atoms with E-state index >= 15 is 0 Å². The maximum absolute atomic E-state index is 12.1. The topological polar surface area (TPSA) is 93.5 Å². The highest BCUT2D eigenvalue weighted by Gasteiger charge is 2.38. The van der Waals surface area contributed by atoms with E-state index in [0.29, 0.717) is 18.7 Å².